The number of fused-ring (bicyclic) bond motifs is 1. The maximum Gasteiger partial charge on any atom is 0.319 e. The van der Waals surface area contributed by atoms with Crippen molar-refractivity contribution in [2.45, 2.75) is 51.0 Å². The molecule has 41 heavy (non-hydrogen) atoms. The molecule has 12 heteroatoms. The molecule has 0 saturated carbocycles. The van der Waals surface area contributed by atoms with Crippen molar-refractivity contribution in [3.8, 4) is 0 Å². The van der Waals surface area contributed by atoms with Gasteiger partial charge in [-0.05, 0) is 58.4 Å². The summed E-state index contributed by atoms with van der Waals surface area (Å²) in [6, 6.07) is 7.58. The molecule has 2 amide bonds. The van der Waals surface area contributed by atoms with Crippen LogP contribution in [-0.4, -0.2) is 88.4 Å². The van der Waals surface area contributed by atoms with E-state index < -0.39 is 5.60 Å². The van der Waals surface area contributed by atoms with E-state index in [-0.39, 0.29) is 23.8 Å². The Hall–Kier alpha value is -3.22. The van der Waals surface area contributed by atoms with Crippen molar-refractivity contribution in [1.29, 1.82) is 0 Å². The van der Waals surface area contributed by atoms with E-state index in [0.717, 1.165) is 21.8 Å². The van der Waals surface area contributed by atoms with Crippen LogP contribution in [0.5, 0.6) is 0 Å². The Morgan fingerprint density at radius 1 is 1.20 bits per heavy atom. The Balaban J connectivity index is 1.30. The highest BCUT2D eigenvalue weighted by atomic mass is 79.9. The zero-order valence-corrected chi connectivity index (χ0v) is 25.8. The summed E-state index contributed by atoms with van der Waals surface area (Å²) in [7, 11) is 1.37. The Labute approximate surface area is 249 Å². The van der Waals surface area contributed by atoms with Gasteiger partial charge in [0.15, 0.2) is 11.5 Å². The first-order chi connectivity index (χ1) is 19.5. The number of halogens is 1. The number of urea groups is 1. The molecule has 1 aliphatic rings. The topological polar surface area (TPSA) is 124 Å². The van der Waals surface area contributed by atoms with Crippen LogP contribution in [0.1, 0.15) is 45.6 Å². The van der Waals surface area contributed by atoms with Crippen LogP contribution in [0.15, 0.2) is 47.5 Å². The summed E-state index contributed by atoms with van der Waals surface area (Å²) in [5, 5.41) is 17.3. The van der Waals surface area contributed by atoms with Gasteiger partial charge in [0.2, 0.25) is 0 Å². The molecule has 3 heterocycles. The largest absolute Gasteiger partial charge is 0.469 e. The van der Waals surface area contributed by atoms with Gasteiger partial charge in [0.1, 0.15) is 4.60 Å². The number of hydrogen-bond acceptors (Lipinski definition) is 8. The number of nitrogens with zero attached hydrogens (tertiary/aromatic N) is 5. The molecule has 1 saturated heterocycles. The van der Waals surface area contributed by atoms with Crippen LogP contribution < -0.4 is 15.5 Å². The maximum atomic E-state index is 12.4. The Morgan fingerprint density at radius 2 is 1.95 bits per heavy atom. The van der Waals surface area contributed by atoms with Gasteiger partial charge in [-0.3, -0.25) is 14.1 Å². The highest BCUT2D eigenvalue weighted by molar-refractivity contribution is 9.10. The predicted molar refractivity (Wildman–Crippen MR) is 162 cm³/mol. The first-order valence-corrected chi connectivity index (χ1v) is 14.7. The molecular weight excluding hydrogens is 590 g/mol. The molecule has 1 aliphatic heterocycles. The second-order valence-corrected chi connectivity index (χ2v) is 12.4. The van der Waals surface area contributed by atoms with Crippen LogP contribution in [0.3, 0.4) is 0 Å². The number of carbonyl (C=O) groups is 2. The number of ether oxygens (including phenoxy) is 1. The number of amides is 2. The Kier molecular flexibility index (Phi) is 9.88. The van der Waals surface area contributed by atoms with Crippen LogP contribution in [0.2, 0.25) is 0 Å². The number of esters is 1. The molecule has 222 valence electrons. The first kappa shape index (κ1) is 30.7. The van der Waals surface area contributed by atoms with Gasteiger partial charge in [0, 0.05) is 50.8 Å². The van der Waals surface area contributed by atoms with Crippen molar-refractivity contribution in [2.75, 3.05) is 56.6 Å². The van der Waals surface area contributed by atoms with E-state index in [1.807, 2.05) is 39.8 Å². The fourth-order valence-corrected chi connectivity index (χ4v) is 5.42. The van der Waals surface area contributed by atoms with Crippen LogP contribution in [0.4, 0.5) is 16.3 Å². The summed E-state index contributed by atoms with van der Waals surface area (Å²) in [4.78, 5) is 37.4. The summed E-state index contributed by atoms with van der Waals surface area (Å²) in [6.07, 6.45) is 6.72. The monoisotopic (exact) mass is 629 g/mol. The number of β-amino-alcohol motifs (C(OH)–C–C–N with tert-alkyl or cyclic N) is 1. The molecule has 0 bridgehead atoms. The smallest absolute Gasteiger partial charge is 0.319 e. The van der Waals surface area contributed by atoms with E-state index >= 15 is 0 Å². The standard InChI is InChI=1S/C29H40BrN7O4/c1-28(2,3)21-6-8-22(9-7-21)34-27(39)32-12-5-14-35(15-10-24(38)41-4)19-29(40)11-16-36(20-29)25-26-33-18-23(30)37(26)17-13-31-25/h6-9,13,17-18,40H,5,10-12,14-16,19-20H2,1-4H3,(H2,32,34,39). The molecule has 4 rings (SSSR count). The fraction of sp³-hybridized carbons (Fsp3) is 0.517. The lowest BCUT2D eigenvalue weighted by Crippen LogP contribution is -2.46. The second-order valence-electron chi connectivity index (χ2n) is 11.6. The minimum Gasteiger partial charge on any atom is -0.469 e. The van der Waals surface area contributed by atoms with Gasteiger partial charge in [-0.2, -0.15) is 0 Å². The van der Waals surface area contributed by atoms with Crippen molar-refractivity contribution in [2.24, 2.45) is 0 Å². The highest BCUT2D eigenvalue weighted by Crippen LogP contribution is 2.30. The quantitative estimate of drug-likeness (QED) is 0.216. The van der Waals surface area contributed by atoms with Gasteiger partial charge >= 0.3 is 12.0 Å². The van der Waals surface area contributed by atoms with Crippen LogP contribution in [0.25, 0.3) is 5.65 Å². The highest BCUT2D eigenvalue weighted by Gasteiger charge is 2.39. The van der Waals surface area contributed by atoms with Gasteiger partial charge in [0.05, 0.1) is 25.3 Å². The lowest BCUT2D eigenvalue weighted by atomic mass is 9.87. The van der Waals surface area contributed by atoms with E-state index in [2.05, 4.69) is 62.2 Å². The van der Waals surface area contributed by atoms with Gasteiger partial charge < -0.3 is 25.4 Å². The zero-order chi connectivity index (χ0) is 29.6. The number of benzene rings is 1. The van der Waals surface area contributed by atoms with Gasteiger partial charge in [0.25, 0.3) is 0 Å². The summed E-state index contributed by atoms with van der Waals surface area (Å²) in [6.45, 7) is 9.36. The first-order valence-electron chi connectivity index (χ1n) is 13.9. The molecular formula is C29H40BrN7O4. The molecule has 3 N–H and O–H groups in total. The summed E-state index contributed by atoms with van der Waals surface area (Å²) >= 11 is 3.49. The lowest BCUT2D eigenvalue weighted by molar-refractivity contribution is -0.141. The van der Waals surface area contributed by atoms with E-state index in [0.29, 0.717) is 52.1 Å². The van der Waals surface area contributed by atoms with Crippen LogP contribution in [0, 0.1) is 0 Å². The number of carbonyl (C=O) groups excluding carboxylic acids is 2. The normalized spacial score (nSPS) is 17.3. The van der Waals surface area contributed by atoms with Gasteiger partial charge in [-0.15, -0.1) is 0 Å². The number of rotatable bonds is 11. The zero-order valence-electron chi connectivity index (χ0n) is 24.2. The van der Waals surface area contributed by atoms with Crippen molar-refractivity contribution in [1.82, 2.24) is 24.6 Å². The number of aromatic nitrogens is 3. The van der Waals surface area contributed by atoms with E-state index in [4.69, 9.17) is 4.74 Å². The summed E-state index contributed by atoms with van der Waals surface area (Å²) in [5.41, 5.74) is 1.72. The Morgan fingerprint density at radius 3 is 2.66 bits per heavy atom. The van der Waals surface area contributed by atoms with Crippen LogP contribution in [-0.2, 0) is 14.9 Å². The Bertz CT molecular complexity index is 1340. The molecule has 0 aliphatic carbocycles. The average Bonchev–Trinajstić information content (AvgIpc) is 3.51. The van der Waals surface area contributed by atoms with Crippen molar-refractivity contribution < 1.29 is 19.4 Å². The number of hydrogen-bond donors (Lipinski definition) is 3. The molecule has 1 fully saturated rings. The number of imidazole rings is 1. The number of nitrogens with one attached hydrogen (secondary N) is 2. The third kappa shape index (κ3) is 8.17. The average molecular weight is 631 g/mol. The van der Waals surface area contributed by atoms with Gasteiger partial charge in [-0.1, -0.05) is 32.9 Å². The molecule has 0 radical (unpaired) electrons. The summed E-state index contributed by atoms with van der Waals surface area (Å²) in [5.74, 6) is 0.421. The van der Waals surface area contributed by atoms with Crippen molar-refractivity contribution in [3.05, 3.63) is 53.0 Å². The molecule has 0 spiro atoms. The number of aliphatic hydroxyl groups is 1. The van der Waals surface area contributed by atoms with Crippen molar-refractivity contribution >= 4 is 45.1 Å². The third-order valence-corrected chi connectivity index (χ3v) is 7.91. The summed E-state index contributed by atoms with van der Waals surface area (Å²) < 4.78 is 7.57. The van der Waals surface area contributed by atoms with Crippen LogP contribution >= 0.6 is 15.9 Å². The van der Waals surface area contributed by atoms with E-state index in [1.165, 1.54) is 12.7 Å². The molecule has 1 atom stereocenters. The lowest BCUT2D eigenvalue weighted by Gasteiger charge is -2.31. The predicted octanol–water partition coefficient (Wildman–Crippen LogP) is 3.81. The van der Waals surface area contributed by atoms with Crippen molar-refractivity contribution in [3.63, 3.8) is 0 Å². The second kappa shape index (κ2) is 13.2. The SMILES string of the molecule is COC(=O)CCN(CCCNC(=O)Nc1ccc(C(C)(C)C)cc1)CC1(O)CCN(c2nccn3c(Br)cnc23)C1. The maximum absolute atomic E-state index is 12.4. The van der Waals surface area contributed by atoms with E-state index in [9.17, 15) is 14.7 Å². The minimum atomic E-state index is -0.988. The molecule has 3 aromatic rings. The molecule has 2 aromatic heterocycles. The van der Waals surface area contributed by atoms with E-state index in [1.54, 1.807) is 12.4 Å². The molecule has 1 aromatic carbocycles. The number of methoxy groups -OCH3 is 1. The number of anilines is 2. The minimum absolute atomic E-state index is 0.0483. The third-order valence-electron chi connectivity index (χ3n) is 7.32. The fourth-order valence-electron chi connectivity index (χ4n) is 5.04. The molecule has 11 nitrogen and oxygen atoms in total. The van der Waals surface area contributed by atoms with Gasteiger partial charge in [-0.25, -0.2) is 14.8 Å². The molecule has 1 unspecified atom stereocenters.